The number of aromatic nitrogens is 1. The number of anilines is 1. The summed E-state index contributed by atoms with van der Waals surface area (Å²) < 4.78 is 5.02. The Bertz CT molecular complexity index is 476. The highest BCUT2D eigenvalue weighted by Gasteiger charge is 2.17. The Morgan fingerprint density at radius 3 is 2.77 bits per heavy atom. The number of hydrogen-bond acceptors (Lipinski definition) is 5. The molecule has 7 heteroatoms. The monoisotopic (exact) mass is 327 g/mol. The summed E-state index contributed by atoms with van der Waals surface area (Å²) in [5.74, 6) is -0.231. The lowest BCUT2D eigenvalue weighted by molar-refractivity contribution is -0.135. The molecule has 0 aromatic carbocycles. The molecule has 0 bridgehead atoms. The summed E-state index contributed by atoms with van der Waals surface area (Å²) >= 11 is 1.42. The zero-order valence-corrected chi connectivity index (χ0v) is 14.4. The first-order valence-electron chi connectivity index (χ1n) is 7.55. The van der Waals surface area contributed by atoms with Crippen LogP contribution in [-0.4, -0.2) is 48.5 Å². The van der Waals surface area contributed by atoms with Crippen LogP contribution in [0.4, 0.5) is 5.13 Å². The van der Waals surface area contributed by atoms with Gasteiger partial charge in [-0.3, -0.25) is 9.59 Å². The van der Waals surface area contributed by atoms with Gasteiger partial charge in [-0.25, -0.2) is 4.98 Å². The van der Waals surface area contributed by atoms with Gasteiger partial charge in [0.1, 0.15) is 6.54 Å². The molecule has 0 aliphatic carbocycles. The van der Waals surface area contributed by atoms with E-state index in [-0.39, 0.29) is 18.4 Å². The second-order valence-corrected chi connectivity index (χ2v) is 6.32. The maximum atomic E-state index is 12.2. The molecule has 1 aromatic heterocycles. The molecule has 0 saturated heterocycles. The molecule has 0 unspecified atom stereocenters. The third kappa shape index (κ3) is 7.00. The van der Waals surface area contributed by atoms with E-state index in [1.54, 1.807) is 18.2 Å². The minimum atomic E-state index is -0.228. The highest BCUT2D eigenvalue weighted by atomic mass is 32.1. The third-order valence-electron chi connectivity index (χ3n) is 3.11. The van der Waals surface area contributed by atoms with Crippen molar-refractivity contribution < 1.29 is 14.3 Å². The Morgan fingerprint density at radius 2 is 2.18 bits per heavy atom. The number of carbonyl (C=O) groups excluding carboxylic acids is 2. The maximum absolute atomic E-state index is 12.2. The lowest BCUT2D eigenvalue weighted by atomic mass is 10.2. The summed E-state index contributed by atoms with van der Waals surface area (Å²) in [6.07, 6.45) is 5.12. The van der Waals surface area contributed by atoms with E-state index in [1.807, 2.05) is 6.92 Å². The molecule has 0 spiro atoms. The molecule has 1 rings (SSSR count). The summed E-state index contributed by atoms with van der Waals surface area (Å²) in [4.78, 5) is 30.9. The lowest BCUT2D eigenvalue weighted by Crippen LogP contribution is -2.39. The van der Waals surface area contributed by atoms with Gasteiger partial charge in [0.15, 0.2) is 5.13 Å². The predicted molar refractivity (Wildman–Crippen MR) is 88.1 cm³/mol. The van der Waals surface area contributed by atoms with Crippen LogP contribution in [-0.2, 0) is 14.3 Å². The van der Waals surface area contributed by atoms with E-state index >= 15 is 0 Å². The summed E-state index contributed by atoms with van der Waals surface area (Å²) in [5.41, 5.74) is 0. The van der Waals surface area contributed by atoms with Gasteiger partial charge in [-0.2, -0.15) is 0 Å². The molecular formula is C15H25N3O3S. The van der Waals surface area contributed by atoms with Crippen LogP contribution in [0.3, 0.4) is 0 Å². The first-order chi connectivity index (χ1) is 10.6. The molecule has 0 fully saturated rings. The average Bonchev–Trinajstić information content (AvgIpc) is 2.88. The molecule has 124 valence electrons. The number of unbranched alkanes of at least 4 members (excludes halogenated alkanes) is 2. The molecule has 1 N–H and O–H groups in total. The first-order valence-corrected chi connectivity index (χ1v) is 8.37. The van der Waals surface area contributed by atoms with E-state index in [0.717, 1.165) is 24.1 Å². The van der Waals surface area contributed by atoms with Gasteiger partial charge >= 0.3 is 0 Å². The van der Waals surface area contributed by atoms with Crippen molar-refractivity contribution in [2.75, 3.05) is 32.1 Å². The van der Waals surface area contributed by atoms with Gasteiger partial charge in [-0.1, -0.05) is 19.8 Å². The summed E-state index contributed by atoms with van der Waals surface area (Å²) in [6, 6.07) is 0. The van der Waals surface area contributed by atoms with Gasteiger partial charge in [0.25, 0.3) is 0 Å². The second-order valence-electron chi connectivity index (χ2n) is 5.09. The fourth-order valence-electron chi connectivity index (χ4n) is 1.92. The fourth-order valence-corrected chi connectivity index (χ4v) is 2.60. The third-order valence-corrected chi connectivity index (χ3v) is 3.94. The number of hydrogen-bond donors (Lipinski definition) is 1. The Balaban J connectivity index is 2.51. The molecule has 1 heterocycles. The van der Waals surface area contributed by atoms with Gasteiger partial charge in [0.05, 0.1) is 6.61 Å². The zero-order valence-electron chi connectivity index (χ0n) is 13.6. The number of thiazole rings is 1. The van der Waals surface area contributed by atoms with Crippen LogP contribution in [0.1, 0.15) is 37.5 Å². The Kier molecular flexibility index (Phi) is 8.69. The van der Waals surface area contributed by atoms with Crippen LogP contribution < -0.4 is 5.32 Å². The normalized spacial score (nSPS) is 10.5. The minimum Gasteiger partial charge on any atom is -0.383 e. The number of rotatable bonds is 10. The molecule has 1 aromatic rings. The number of nitrogens with zero attached hydrogens (tertiary/aromatic N) is 2. The molecule has 0 aliphatic heterocycles. The molecule has 0 atom stereocenters. The van der Waals surface area contributed by atoms with E-state index < -0.39 is 0 Å². The molecule has 22 heavy (non-hydrogen) atoms. The summed E-state index contributed by atoms with van der Waals surface area (Å²) in [5, 5.41) is 3.29. The van der Waals surface area contributed by atoms with Crippen molar-refractivity contribution in [3.8, 4) is 0 Å². The van der Waals surface area contributed by atoms with Crippen molar-refractivity contribution in [3.05, 3.63) is 11.1 Å². The number of amides is 2. The molecule has 0 saturated carbocycles. The quantitative estimate of drug-likeness (QED) is 0.670. The summed E-state index contributed by atoms with van der Waals surface area (Å²) in [6.45, 7) is 4.90. The van der Waals surface area contributed by atoms with Crippen LogP contribution >= 0.6 is 11.3 Å². The van der Waals surface area contributed by atoms with Crippen molar-refractivity contribution in [1.82, 2.24) is 9.88 Å². The lowest BCUT2D eigenvalue weighted by Gasteiger charge is -2.21. The highest BCUT2D eigenvalue weighted by molar-refractivity contribution is 7.15. The van der Waals surface area contributed by atoms with Gasteiger partial charge in [-0.15, -0.1) is 11.3 Å². The molecule has 0 radical (unpaired) electrons. The molecular weight excluding hydrogens is 302 g/mol. The number of aryl methyl sites for hydroxylation is 1. The largest absolute Gasteiger partial charge is 0.383 e. The van der Waals surface area contributed by atoms with Crippen molar-refractivity contribution in [2.24, 2.45) is 0 Å². The Labute approximate surface area is 135 Å². The van der Waals surface area contributed by atoms with Crippen molar-refractivity contribution in [3.63, 3.8) is 0 Å². The van der Waals surface area contributed by atoms with E-state index in [0.29, 0.717) is 24.7 Å². The number of ether oxygens (including phenoxy) is 1. The zero-order chi connectivity index (χ0) is 16.4. The maximum Gasteiger partial charge on any atom is 0.245 e. The van der Waals surface area contributed by atoms with E-state index in [1.165, 1.54) is 11.3 Å². The van der Waals surface area contributed by atoms with E-state index in [9.17, 15) is 9.59 Å². The standard InChI is InChI=1S/C15H25N3O3S/c1-4-5-6-7-14(20)18(8-9-21-3)11-13(19)17-15-16-10-12(2)22-15/h10H,4-9,11H2,1-3H3,(H,16,17,19). The highest BCUT2D eigenvalue weighted by Crippen LogP contribution is 2.16. The van der Waals surface area contributed by atoms with Gasteiger partial charge < -0.3 is 15.0 Å². The topological polar surface area (TPSA) is 71.5 Å². The van der Waals surface area contributed by atoms with Crippen LogP contribution in [0, 0.1) is 6.92 Å². The Morgan fingerprint density at radius 1 is 1.41 bits per heavy atom. The first kappa shape index (κ1) is 18.6. The number of methoxy groups -OCH3 is 1. The van der Waals surface area contributed by atoms with Crippen LogP contribution in [0.25, 0.3) is 0 Å². The Hall–Kier alpha value is -1.47. The summed E-state index contributed by atoms with van der Waals surface area (Å²) in [7, 11) is 1.58. The van der Waals surface area contributed by atoms with E-state index in [2.05, 4.69) is 17.2 Å². The van der Waals surface area contributed by atoms with Crippen molar-refractivity contribution >= 4 is 28.3 Å². The fraction of sp³-hybridized carbons (Fsp3) is 0.667. The van der Waals surface area contributed by atoms with Crippen molar-refractivity contribution in [1.29, 1.82) is 0 Å². The van der Waals surface area contributed by atoms with Crippen LogP contribution in [0.15, 0.2) is 6.20 Å². The SMILES string of the molecule is CCCCCC(=O)N(CCOC)CC(=O)Nc1ncc(C)s1. The molecule has 6 nitrogen and oxygen atoms in total. The van der Waals surface area contributed by atoms with Gasteiger partial charge in [-0.05, 0) is 13.3 Å². The van der Waals surface area contributed by atoms with Gasteiger partial charge in [0, 0.05) is 31.1 Å². The van der Waals surface area contributed by atoms with E-state index in [4.69, 9.17) is 4.74 Å². The smallest absolute Gasteiger partial charge is 0.245 e. The minimum absolute atomic E-state index is 0.00373. The predicted octanol–water partition coefficient (Wildman–Crippen LogP) is 2.45. The number of carbonyl (C=O) groups is 2. The van der Waals surface area contributed by atoms with Crippen molar-refractivity contribution in [2.45, 2.75) is 39.5 Å². The van der Waals surface area contributed by atoms with Gasteiger partial charge in [0.2, 0.25) is 11.8 Å². The average molecular weight is 327 g/mol. The molecule has 0 aliphatic rings. The molecule has 2 amide bonds. The van der Waals surface area contributed by atoms with Crippen LogP contribution in [0.5, 0.6) is 0 Å². The number of nitrogens with one attached hydrogen (secondary N) is 1. The second kappa shape index (κ2) is 10.3. The van der Waals surface area contributed by atoms with Crippen LogP contribution in [0.2, 0.25) is 0 Å².